The van der Waals surface area contributed by atoms with Gasteiger partial charge in [0.15, 0.2) is 0 Å². The summed E-state index contributed by atoms with van der Waals surface area (Å²) in [4.78, 5) is 4.42. The fourth-order valence-electron chi connectivity index (χ4n) is 3.16. The summed E-state index contributed by atoms with van der Waals surface area (Å²) >= 11 is 0. The van der Waals surface area contributed by atoms with Crippen molar-refractivity contribution in [2.75, 3.05) is 5.32 Å². The maximum Gasteiger partial charge on any atom is 0.0722 e. The zero-order valence-corrected chi connectivity index (χ0v) is 11.6. The third-order valence-corrected chi connectivity index (χ3v) is 4.43. The number of fused-ring (bicyclic) bond motifs is 1. The molecule has 0 aliphatic heterocycles. The van der Waals surface area contributed by atoms with Crippen LogP contribution in [0, 0.1) is 5.92 Å². The Hall–Kier alpha value is -1.57. The fraction of sp³-hybridized carbons (Fsp3) is 0.471. The third kappa shape index (κ3) is 2.73. The van der Waals surface area contributed by atoms with Gasteiger partial charge in [0.05, 0.1) is 5.52 Å². The van der Waals surface area contributed by atoms with Crippen LogP contribution in [0.4, 0.5) is 5.69 Å². The molecular weight excluding hydrogens is 232 g/mol. The number of hydrogen-bond donors (Lipinski definition) is 1. The molecule has 0 atom stereocenters. The van der Waals surface area contributed by atoms with E-state index in [1.807, 2.05) is 12.3 Å². The summed E-state index contributed by atoms with van der Waals surface area (Å²) in [6.07, 6.45) is 8.59. The van der Waals surface area contributed by atoms with Crippen molar-refractivity contribution >= 4 is 16.6 Å². The van der Waals surface area contributed by atoms with Crippen LogP contribution in [0.25, 0.3) is 10.9 Å². The van der Waals surface area contributed by atoms with Gasteiger partial charge in [-0.05, 0) is 43.7 Å². The van der Waals surface area contributed by atoms with E-state index in [-0.39, 0.29) is 0 Å². The molecule has 1 saturated carbocycles. The summed E-state index contributed by atoms with van der Waals surface area (Å²) in [6.45, 7) is 2.31. The molecule has 2 nitrogen and oxygen atoms in total. The molecule has 1 aromatic carbocycles. The molecule has 1 aliphatic carbocycles. The van der Waals surface area contributed by atoms with E-state index >= 15 is 0 Å². The predicted molar refractivity (Wildman–Crippen MR) is 81.4 cm³/mol. The first kappa shape index (κ1) is 12.5. The van der Waals surface area contributed by atoms with Gasteiger partial charge in [-0.3, -0.25) is 4.98 Å². The van der Waals surface area contributed by atoms with Crippen LogP contribution in [0.1, 0.15) is 39.0 Å². The van der Waals surface area contributed by atoms with Crippen molar-refractivity contribution < 1.29 is 0 Å². The summed E-state index contributed by atoms with van der Waals surface area (Å²) in [5, 5.41) is 4.97. The molecule has 1 fully saturated rings. The highest BCUT2D eigenvalue weighted by Gasteiger charge is 2.20. The summed E-state index contributed by atoms with van der Waals surface area (Å²) < 4.78 is 0. The van der Waals surface area contributed by atoms with Crippen LogP contribution in [0.3, 0.4) is 0 Å². The summed E-state index contributed by atoms with van der Waals surface area (Å²) in [7, 11) is 0. The van der Waals surface area contributed by atoms with Gasteiger partial charge in [0.2, 0.25) is 0 Å². The standard InChI is InChI=1S/C17H22N2/c1-2-13-7-9-14(10-8-13)19-17-11-12-18-16-6-4-3-5-15(16)17/h3-6,11-14H,2,7-10H2,1H3,(H,18,19). The zero-order valence-electron chi connectivity index (χ0n) is 11.6. The van der Waals surface area contributed by atoms with E-state index in [4.69, 9.17) is 0 Å². The lowest BCUT2D eigenvalue weighted by Crippen LogP contribution is -2.25. The van der Waals surface area contributed by atoms with Crippen molar-refractivity contribution in [2.24, 2.45) is 5.92 Å². The molecule has 0 radical (unpaired) electrons. The SMILES string of the molecule is CCC1CCC(Nc2ccnc3ccccc23)CC1. The van der Waals surface area contributed by atoms with E-state index in [9.17, 15) is 0 Å². The number of para-hydroxylation sites is 1. The molecule has 1 aromatic heterocycles. The minimum atomic E-state index is 0.633. The molecular formula is C17H22N2. The maximum absolute atomic E-state index is 4.42. The summed E-state index contributed by atoms with van der Waals surface area (Å²) in [5.74, 6) is 0.951. The van der Waals surface area contributed by atoms with Gasteiger partial charge in [-0.2, -0.15) is 0 Å². The quantitative estimate of drug-likeness (QED) is 0.864. The molecule has 3 rings (SSSR count). The second kappa shape index (κ2) is 5.60. The number of anilines is 1. The zero-order chi connectivity index (χ0) is 13.1. The highest BCUT2D eigenvalue weighted by atomic mass is 14.9. The van der Waals surface area contributed by atoms with Crippen LogP contribution in [0.15, 0.2) is 36.5 Å². The van der Waals surface area contributed by atoms with Gasteiger partial charge < -0.3 is 5.32 Å². The third-order valence-electron chi connectivity index (χ3n) is 4.43. The number of aromatic nitrogens is 1. The van der Waals surface area contributed by atoms with Gasteiger partial charge in [-0.1, -0.05) is 31.5 Å². The first-order valence-electron chi connectivity index (χ1n) is 7.47. The lowest BCUT2D eigenvalue weighted by molar-refractivity contribution is 0.330. The minimum Gasteiger partial charge on any atom is -0.382 e. The Bertz CT molecular complexity index is 536. The van der Waals surface area contributed by atoms with Gasteiger partial charge in [0.25, 0.3) is 0 Å². The van der Waals surface area contributed by atoms with E-state index in [2.05, 4.69) is 41.5 Å². The Morgan fingerprint density at radius 1 is 1.11 bits per heavy atom. The average molecular weight is 254 g/mol. The van der Waals surface area contributed by atoms with Crippen LogP contribution in [-0.2, 0) is 0 Å². The topological polar surface area (TPSA) is 24.9 Å². The molecule has 0 spiro atoms. The molecule has 1 heterocycles. The number of nitrogens with zero attached hydrogens (tertiary/aromatic N) is 1. The molecule has 0 unspecified atom stereocenters. The molecule has 0 saturated heterocycles. The van der Waals surface area contributed by atoms with Crippen LogP contribution in [0.2, 0.25) is 0 Å². The van der Waals surface area contributed by atoms with Crippen molar-refractivity contribution in [1.82, 2.24) is 4.98 Å². The monoisotopic (exact) mass is 254 g/mol. The number of rotatable bonds is 3. The van der Waals surface area contributed by atoms with Crippen molar-refractivity contribution in [3.8, 4) is 0 Å². The first-order valence-corrected chi connectivity index (χ1v) is 7.47. The van der Waals surface area contributed by atoms with Gasteiger partial charge in [0, 0.05) is 23.3 Å². The number of benzene rings is 1. The van der Waals surface area contributed by atoms with E-state index in [1.165, 1.54) is 43.2 Å². The molecule has 19 heavy (non-hydrogen) atoms. The molecule has 2 heteroatoms. The number of hydrogen-bond acceptors (Lipinski definition) is 2. The van der Waals surface area contributed by atoms with Gasteiger partial charge in [0.1, 0.15) is 0 Å². The highest BCUT2D eigenvalue weighted by Crippen LogP contribution is 2.30. The Balaban J connectivity index is 1.75. The Kier molecular flexibility index (Phi) is 3.67. The van der Waals surface area contributed by atoms with Crippen molar-refractivity contribution in [3.63, 3.8) is 0 Å². The predicted octanol–water partition coefficient (Wildman–Crippen LogP) is 4.62. The second-order valence-electron chi connectivity index (χ2n) is 5.65. The molecule has 0 amide bonds. The Morgan fingerprint density at radius 3 is 2.68 bits per heavy atom. The number of nitrogens with one attached hydrogen (secondary N) is 1. The van der Waals surface area contributed by atoms with Crippen LogP contribution >= 0.6 is 0 Å². The van der Waals surface area contributed by atoms with Crippen LogP contribution < -0.4 is 5.32 Å². The maximum atomic E-state index is 4.42. The first-order chi connectivity index (χ1) is 9.36. The van der Waals surface area contributed by atoms with Gasteiger partial charge in [-0.25, -0.2) is 0 Å². The fourth-order valence-corrected chi connectivity index (χ4v) is 3.16. The van der Waals surface area contributed by atoms with E-state index < -0.39 is 0 Å². The average Bonchev–Trinajstić information content (AvgIpc) is 2.48. The van der Waals surface area contributed by atoms with Crippen LogP contribution in [-0.4, -0.2) is 11.0 Å². The van der Waals surface area contributed by atoms with Gasteiger partial charge in [-0.15, -0.1) is 0 Å². The van der Waals surface area contributed by atoms with Crippen molar-refractivity contribution in [2.45, 2.75) is 45.1 Å². The van der Waals surface area contributed by atoms with Gasteiger partial charge >= 0.3 is 0 Å². The van der Waals surface area contributed by atoms with E-state index in [0.29, 0.717) is 6.04 Å². The van der Waals surface area contributed by atoms with E-state index in [1.54, 1.807) is 0 Å². The molecule has 0 bridgehead atoms. The second-order valence-corrected chi connectivity index (χ2v) is 5.65. The minimum absolute atomic E-state index is 0.633. The molecule has 1 N–H and O–H groups in total. The van der Waals surface area contributed by atoms with Crippen molar-refractivity contribution in [1.29, 1.82) is 0 Å². The molecule has 2 aromatic rings. The highest BCUT2D eigenvalue weighted by molar-refractivity contribution is 5.90. The normalized spacial score (nSPS) is 23.4. The molecule has 100 valence electrons. The summed E-state index contributed by atoms with van der Waals surface area (Å²) in [6, 6.07) is 11.1. The van der Waals surface area contributed by atoms with Crippen molar-refractivity contribution in [3.05, 3.63) is 36.5 Å². The summed E-state index contributed by atoms with van der Waals surface area (Å²) in [5.41, 5.74) is 2.32. The Morgan fingerprint density at radius 2 is 1.89 bits per heavy atom. The lowest BCUT2D eigenvalue weighted by atomic mass is 9.84. The number of pyridine rings is 1. The molecule has 1 aliphatic rings. The van der Waals surface area contributed by atoms with E-state index in [0.717, 1.165) is 11.4 Å². The lowest BCUT2D eigenvalue weighted by Gasteiger charge is -2.29. The Labute approximate surface area is 115 Å². The largest absolute Gasteiger partial charge is 0.382 e. The smallest absolute Gasteiger partial charge is 0.0722 e. The van der Waals surface area contributed by atoms with Crippen LogP contribution in [0.5, 0.6) is 0 Å².